The van der Waals surface area contributed by atoms with E-state index < -0.39 is 5.97 Å². The second kappa shape index (κ2) is 11.6. The third kappa shape index (κ3) is 11.3. The quantitative estimate of drug-likeness (QED) is 0.573. The molecule has 0 saturated carbocycles. The van der Waals surface area contributed by atoms with E-state index in [1.807, 2.05) is 0 Å². The van der Waals surface area contributed by atoms with Crippen LogP contribution in [0.1, 0.15) is 59.3 Å². The van der Waals surface area contributed by atoms with Crippen LogP contribution in [0.5, 0.6) is 0 Å². The Hall–Kier alpha value is -1.04. The zero-order valence-corrected chi connectivity index (χ0v) is 14.0. The lowest BCUT2D eigenvalue weighted by molar-refractivity contribution is -0.137. The number of thioether (sulfide) groups is 1. The van der Waals surface area contributed by atoms with Crippen LogP contribution < -0.4 is 5.32 Å². The van der Waals surface area contributed by atoms with Crippen molar-refractivity contribution in [1.29, 1.82) is 0 Å². The number of carbonyl (C=O) groups is 3. The predicted molar refractivity (Wildman–Crippen MR) is 85.2 cm³/mol. The van der Waals surface area contributed by atoms with Crippen molar-refractivity contribution in [2.75, 3.05) is 6.54 Å². The number of carbonyl (C=O) groups excluding carboxylic acids is 2. The highest BCUT2D eigenvalue weighted by atomic mass is 32.2. The molecule has 0 spiro atoms. The van der Waals surface area contributed by atoms with Gasteiger partial charge in [-0.3, -0.25) is 14.4 Å². The van der Waals surface area contributed by atoms with Crippen LogP contribution in [-0.2, 0) is 14.4 Å². The van der Waals surface area contributed by atoms with Gasteiger partial charge in [0.2, 0.25) is 5.91 Å². The largest absolute Gasteiger partial charge is 0.481 e. The lowest BCUT2D eigenvalue weighted by atomic mass is 10.0. The van der Waals surface area contributed by atoms with E-state index in [0.29, 0.717) is 25.3 Å². The van der Waals surface area contributed by atoms with Gasteiger partial charge in [0, 0.05) is 19.9 Å². The van der Waals surface area contributed by atoms with Crippen LogP contribution in [0.15, 0.2) is 0 Å². The Bertz CT molecular complexity index is 347. The van der Waals surface area contributed by atoms with Crippen molar-refractivity contribution < 1.29 is 19.5 Å². The Balaban J connectivity index is 4.04. The van der Waals surface area contributed by atoms with Crippen molar-refractivity contribution in [3.63, 3.8) is 0 Å². The summed E-state index contributed by atoms with van der Waals surface area (Å²) in [5, 5.41) is 11.0. The van der Waals surface area contributed by atoms with Gasteiger partial charge in [0.1, 0.15) is 0 Å². The Morgan fingerprint density at radius 1 is 1.19 bits per heavy atom. The summed E-state index contributed by atoms with van der Waals surface area (Å²) in [7, 11) is 0. The molecule has 122 valence electrons. The summed E-state index contributed by atoms with van der Waals surface area (Å²) in [5.74, 6) is -0.470. The van der Waals surface area contributed by atoms with Crippen LogP contribution in [0.2, 0.25) is 0 Å². The topological polar surface area (TPSA) is 83.5 Å². The van der Waals surface area contributed by atoms with E-state index in [2.05, 4.69) is 19.2 Å². The monoisotopic (exact) mass is 317 g/mol. The lowest BCUT2D eigenvalue weighted by Gasteiger charge is -2.18. The highest BCUT2D eigenvalue weighted by Gasteiger charge is 2.22. The smallest absolute Gasteiger partial charge is 0.303 e. The maximum atomic E-state index is 12.1. The normalized spacial score (nSPS) is 13.5. The molecule has 0 saturated heterocycles. The molecule has 2 atom stereocenters. The number of nitrogens with one attached hydrogen (secondary N) is 1. The van der Waals surface area contributed by atoms with Crippen molar-refractivity contribution >= 4 is 28.8 Å². The molecule has 21 heavy (non-hydrogen) atoms. The predicted octanol–water partition coefficient (Wildman–Crippen LogP) is 2.83. The highest BCUT2D eigenvalue weighted by Crippen LogP contribution is 2.22. The number of hydrogen-bond donors (Lipinski definition) is 2. The molecule has 0 aromatic carbocycles. The molecule has 0 radical (unpaired) electrons. The molecule has 2 unspecified atom stereocenters. The summed E-state index contributed by atoms with van der Waals surface area (Å²) in [5.41, 5.74) is 0. The fourth-order valence-corrected chi connectivity index (χ4v) is 2.86. The van der Waals surface area contributed by atoms with Gasteiger partial charge in [-0.2, -0.15) is 0 Å². The van der Waals surface area contributed by atoms with E-state index in [1.54, 1.807) is 0 Å². The van der Waals surface area contributed by atoms with E-state index in [9.17, 15) is 14.4 Å². The summed E-state index contributed by atoms with van der Waals surface area (Å²) < 4.78 is 0. The Morgan fingerprint density at radius 3 is 2.38 bits per heavy atom. The highest BCUT2D eigenvalue weighted by molar-refractivity contribution is 8.14. The minimum Gasteiger partial charge on any atom is -0.481 e. The van der Waals surface area contributed by atoms with E-state index in [1.165, 1.54) is 6.92 Å². The molecule has 0 aromatic rings. The SMILES string of the molecule is CCC(C)CC(SC(C)=O)C(=O)NCCCCCC(=O)O. The minimum absolute atomic E-state index is 0.0417. The molecule has 2 N–H and O–H groups in total. The summed E-state index contributed by atoms with van der Waals surface area (Å²) in [6.45, 7) is 6.16. The Morgan fingerprint density at radius 2 is 1.86 bits per heavy atom. The van der Waals surface area contributed by atoms with Gasteiger partial charge < -0.3 is 10.4 Å². The van der Waals surface area contributed by atoms with Crippen molar-refractivity contribution in [2.24, 2.45) is 5.92 Å². The third-order valence-corrected chi connectivity index (χ3v) is 4.30. The fraction of sp³-hybridized carbons (Fsp3) is 0.800. The molecule has 5 nitrogen and oxygen atoms in total. The lowest BCUT2D eigenvalue weighted by Crippen LogP contribution is -2.35. The number of carboxylic acid groups (broad SMARTS) is 1. The van der Waals surface area contributed by atoms with Gasteiger partial charge >= 0.3 is 5.97 Å². The third-order valence-electron chi connectivity index (χ3n) is 3.28. The average molecular weight is 317 g/mol. The fourth-order valence-electron chi connectivity index (χ4n) is 1.84. The number of amides is 1. The molecule has 0 bridgehead atoms. The number of unbranched alkanes of at least 4 members (excludes halogenated alkanes) is 2. The van der Waals surface area contributed by atoms with Gasteiger partial charge in [0.05, 0.1) is 5.25 Å². The molecule has 0 aliphatic rings. The van der Waals surface area contributed by atoms with Crippen molar-refractivity contribution in [2.45, 2.75) is 64.5 Å². The van der Waals surface area contributed by atoms with Gasteiger partial charge in [0.15, 0.2) is 5.12 Å². The minimum atomic E-state index is -0.787. The zero-order chi connectivity index (χ0) is 16.3. The molecule has 0 rings (SSSR count). The van der Waals surface area contributed by atoms with Gasteiger partial charge in [-0.15, -0.1) is 0 Å². The Kier molecular flexibility index (Phi) is 11.0. The first-order valence-electron chi connectivity index (χ1n) is 7.53. The molecular formula is C15H27NO4S. The maximum Gasteiger partial charge on any atom is 0.303 e. The van der Waals surface area contributed by atoms with Crippen molar-refractivity contribution in [3.05, 3.63) is 0 Å². The first kappa shape index (κ1) is 20.0. The molecule has 0 aliphatic carbocycles. The van der Waals surface area contributed by atoms with Crippen LogP contribution in [-0.4, -0.2) is 33.9 Å². The zero-order valence-electron chi connectivity index (χ0n) is 13.2. The Labute approximate surface area is 131 Å². The summed E-state index contributed by atoms with van der Waals surface area (Å²) in [6, 6.07) is 0. The van der Waals surface area contributed by atoms with E-state index in [-0.39, 0.29) is 22.7 Å². The molecule has 0 aliphatic heterocycles. The molecule has 1 amide bonds. The van der Waals surface area contributed by atoms with E-state index >= 15 is 0 Å². The molecular weight excluding hydrogens is 290 g/mol. The van der Waals surface area contributed by atoms with Gasteiger partial charge in [0.25, 0.3) is 0 Å². The molecule has 0 heterocycles. The summed E-state index contributed by atoms with van der Waals surface area (Å²) in [6.07, 6.45) is 4.03. The number of carboxylic acids is 1. The van der Waals surface area contributed by atoms with Gasteiger partial charge in [-0.1, -0.05) is 38.5 Å². The van der Waals surface area contributed by atoms with E-state index in [4.69, 9.17) is 5.11 Å². The molecule has 0 aromatic heterocycles. The number of aliphatic carboxylic acids is 1. The van der Waals surface area contributed by atoms with Gasteiger partial charge in [-0.05, 0) is 25.2 Å². The molecule has 6 heteroatoms. The molecule has 0 fully saturated rings. The van der Waals surface area contributed by atoms with Crippen molar-refractivity contribution in [1.82, 2.24) is 5.32 Å². The van der Waals surface area contributed by atoms with Crippen LogP contribution in [0.4, 0.5) is 0 Å². The van der Waals surface area contributed by atoms with Crippen LogP contribution >= 0.6 is 11.8 Å². The standard InChI is InChI=1S/C15H27NO4S/c1-4-11(2)10-13(21-12(3)17)15(20)16-9-7-5-6-8-14(18)19/h11,13H,4-10H2,1-3H3,(H,16,20)(H,18,19). The average Bonchev–Trinajstić information content (AvgIpc) is 2.40. The first-order valence-corrected chi connectivity index (χ1v) is 8.41. The second-order valence-electron chi connectivity index (χ2n) is 5.34. The van der Waals surface area contributed by atoms with Gasteiger partial charge in [-0.25, -0.2) is 0 Å². The van der Waals surface area contributed by atoms with E-state index in [0.717, 1.165) is 31.0 Å². The summed E-state index contributed by atoms with van der Waals surface area (Å²) >= 11 is 1.09. The number of hydrogen-bond acceptors (Lipinski definition) is 4. The second-order valence-corrected chi connectivity index (χ2v) is 6.72. The van der Waals surface area contributed by atoms with Crippen LogP contribution in [0, 0.1) is 5.92 Å². The van der Waals surface area contributed by atoms with Crippen molar-refractivity contribution in [3.8, 4) is 0 Å². The van der Waals surface area contributed by atoms with Crippen LogP contribution in [0.3, 0.4) is 0 Å². The summed E-state index contributed by atoms with van der Waals surface area (Å²) in [4.78, 5) is 33.7. The maximum absolute atomic E-state index is 12.1. The first-order chi connectivity index (χ1) is 9.86. The number of rotatable bonds is 11. The van der Waals surface area contributed by atoms with Crippen LogP contribution in [0.25, 0.3) is 0 Å².